The van der Waals surface area contributed by atoms with Crippen LogP contribution in [0.1, 0.15) is 58.1 Å². The van der Waals surface area contributed by atoms with Gasteiger partial charge in [-0.2, -0.15) is 0 Å². The van der Waals surface area contributed by atoms with E-state index in [4.69, 9.17) is 9.47 Å². The number of ketones is 1. The van der Waals surface area contributed by atoms with Gasteiger partial charge in [0.05, 0.1) is 16.8 Å². The van der Waals surface area contributed by atoms with Gasteiger partial charge in [-0.25, -0.2) is 0 Å². The van der Waals surface area contributed by atoms with Crippen molar-refractivity contribution in [2.24, 2.45) is 0 Å². The van der Waals surface area contributed by atoms with Gasteiger partial charge in [-0.3, -0.25) is 14.7 Å². The Balaban J connectivity index is 1.44. The summed E-state index contributed by atoms with van der Waals surface area (Å²) < 4.78 is 12.2. The average Bonchev–Trinajstić information content (AvgIpc) is 3.12. The predicted molar refractivity (Wildman–Crippen MR) is 124 cm³/mol. The van der Waals surface area contributed by atoms with Crippen molar-refractivity contribution in [2.75, 3.05) is 6.73 Å². The second kappa shape index (κ2) is 8.24. The summed E-state index contributed by atoms with van der Waals surface area (Å²) in [5.41, 5.74) is 5.62. The number of ether oxygens (including phenoxy) is 2. The fraction of sp³-hybridized carbons (Fsp3) is 0.259. The van der Waals surface area contributed by atoms with Crippen molar-refractivity contribution in [1.82, 2.24) is 9.88 Å². The Labute approximate surface area is 188 Å². The van der Waals surface area contributed by atoms with E-state index < -0.39 is 0 Å². The summed E-state index contributed by atoms with van der Waals surface area (Å²) in [6.07, 6.45) is 3.62. The number of benzene rings is 2. The topological polar surface area (TPSA) is 51.7 Å². The van der Waals surface area contributed by atoms with Crippen LogP contribution in [-0.2, 0) is 13.1 Å². The molecule has 0 unspecified atom stereocenters. The number of allylic oxidation sites excluding steroid dienone is 1. The fourth-order valence-corrected chi connectivity index (χ4v) is 4.23. The minimum atomic E-state index is -0.0740. The second-order valence-corrected chi connectivity index (χ2v) is 8.72. The van der Waals surface area contributed by atoms with E-state index in [1.165, 1.54) is 5.56 Å². The summed E-state index contributed by atoms with van der Waals surface area (Å²) in [6.45, 7) is 8.04. The highest BCUT2D eigenvalue weighted by Crippen LogP contribution is 2.44. The first kappa shape index (κ1) is 20.5. The van der Waals surface area contributed by atoms with Crippen LogP contribution in [0.2, 0.25) is 0 Å². The Hall–Kier alpha value is -3.44. The molecule has 32 heavy (non-hydrogen) atoms. The number of pyridine rings is 1. The predicted octanol–water partition coefficient (Wildman–Crippen LogP) is 5.48. The zero-order valence-electron chi connectivity index (χ0n) is 18.6. The molecule has 0 radical (unpaired) electrons. The van der Waals surface area contributed by atoms with E-state index in [1.54, 1.807) is 6.20 Å². The van der Waals surface area contributed by atoms with E-state index >= 15 is 0 Å². The molecule has 0 saturated carbocycles. The number of aryl methyl sites for hydroxylation is 1. The highest BCUT2D eigenvalue weighted by Gasteiger charge is 2.35. The molecule has 0 atom stereocenters. The lowest BCUT2D eigenvalue weighted by Gasteiger charge is -2.29. The summed E-state index contributed by atoms with van der Waals surface area (Å²) in [4.78, 5) is 19.8. The van der Waals surface area contributed by atoms with Gasteiger partial charge in [0.25, 0.3) is 0 Å². The molecule has 162 valence electrons. The molecule has 1 aromatic heterocycles. The van der Waals surface area contributed by atoms with E-state index in [-0.39, 0.29) is 5.78 Å². The summed E-state index contributed by atoms with van der Waals surface area (Å²) in [5.74, 6) is 2.16. The van der Waals surface area contributed by atoms with E-state index in [9.17, 15) is 4.79 Å². The van der Waals surface area contributed by atoms with Gasteiger partial charge in [-0.05, 0) is 53.8 Å². The van der Waals surface area contributed by atoms with Gasteiger partial charge in [-0.15, -0.1) is 0 Å². The van der Waals surface area contributed by atoms with Gasteiger partial charge in [0.2, 0.25) is 5.78 Å². The van der Waals surface area contributed by atoms with Crippen LogP contribution < -0.4 is 9.47 Å². The first-order chi connectivity index (χ1) is 15.5. The van der Waals surface area contributed by atoms with Crippen LogP contribution >= 0.6 is 0 Å². The molecular weight excluding hydrogens is 400 g/mol. The number of carbonyl (C=O) groups is 1. The maximum absolute atomic E-state index is 13.2. The third kappa shape index (κ3) is 3.80. The van der Waals surface area contributed by atoms with E-state index in [2.05, 4.69) is 35.9 Å². The molecule has 0 N–H and O–H groups in total. The number of fused-ring (bicyclic) bond motifs is 3. The maximum Gasteiger partial charge on any atom is 0.232 e. The Bertz CT molecular complexity index is 1200. The smallest absolute Gasteiger partial charge is 0.232 e. The molecule has 3 aromatic rings. The molecule has 2 aromatic carbocycles. The lowest BCUT2D eigenvalue weighted by molar-refractivity contribution is 0.0861. The molecule has 5 nitrogen and oxygen atoms in total. The number of hydrogen-bond donors (Lipinski definition) is 0. The zero-order valence-corrected chi connectivity index (χ0v) is 18.6. The molecule has 5 heteroatoms. The van der Waals surface area contributed by atoms with Crippen LogP contribution in [0.4, 0.5) is 0 Å². The molecule has 0 spiro atoms. The number of hydrogen-bond acceptors (Lipinski definition) is 5. The maximum atomic E-state index is 13.2. The van der Waals surface area contributed by atoms with Crippen molar-refractivity contribution in [3.8, 4) is 11.5 Å². The average molecular weight is 427 g/mol. The minimum absolute atomic E-state index is 0.0740. The lowest BCUT2D eigenvalue weighted by Crippen LogP contribution is -2.32. The number of Topliss-reactive ketones (excluding diaryl/α,β-unsaturated/α-hetero) is 1. The molecule has 2 aliphatic rings. The van der Waals surface area contributed by atoms with Crippen molar-refractivity contribution in [3.63, 3.8) is 0 Å². The van der Waals surface area contributed by atoms with E-state index in [0.717, 1.165) is 28.1 Å². The summed E-state index contributed by atoms with van der Waals surface area (Å²) in [6, 6.07) is 16.1. The van der Waals surface area contributed by atoms with Gasteiger partial charge >= 0.3 is 0 Å². The number of carbonyl (C=O) groups excluding carboxylic acids is 1. The number of aromatic nitrogens is 1. The summed E-state index contributed by atoms with van der Waals surface area (Å²) >= 11 is 0. The SMILES string of the molecule is Cc1cc2c(c3c1C(=O)/C(=C/c1ccc(C(C)C)cc1)O3)CN(Cc1ccccn1)CO2. The number of rotatable bonds is 4. The van der Waals surface area contributed by atoms with Gasteiger partial charge < -0.3 is 9.47 Å². The molecule has 0 saturated heterocycles. The number of nitrogens with zero attached hydrogens (tertiary/aromatic N) is 2. The highest BCUT2D eigenvalue weighted by atomic mass is 16.5. The van der Waals surface area contributed by atoms with Crippen LogP contribution in [0, 0.1) is 6.92 Å². The van der Waals surface area contributed by atoms with Crippen LogP contribution in [0.25, 0.3) is 6.08 Å². The molecule has 0 amide bonds. The first-order valence-electron chi connectivity index (χ1n) is 11.0. The van der Waals surface area contributed by atoms with Crippen molar-refractivity contribution in [1.29, 1.82) is 0 Å². The largest absolute Gasteiger partial charge is 0.478 e. The second-order valence-electron chi connectivity index (χ2n) is 8.72. The summed E-state index contributed by atoms with van der Waals surface area (Å²) in [5, 5.41) is 0. The zero-order chi connectivity index (χ0) is 22.2. The Kier molecular flexibility index (Phi) is 5.27. The van der Waals surface area contributed by atoms with Gasteiger partial charge in [0, 0.05) is 19.3 Å². The van der Waals surface area contributed by atoms with Gasteiger partial charge in [-0.1, -0.05) is 44.2 Å². The van der Waals surface area contributed by atoms with E-state index in [0.29, 0.717) is 42.8 Å². The molecule has 5 rings (SSSR count). The lowest BCUT2D eigenvalue weighted by atomic mass is 9.98. The monoisotopic (exact) mass is 426 g/mol. The fourth-order valence-electron chi connectivity index (χ4n) is 4.23. The van der Waals surface area contributed by atoms with E-state index in [1.807, 2.05) is 49.4 Å². The van der Waals surface area contributed by atoms with Crippen LogP contribution in [-0.4, -0.2) is 22.4 Å². The molecule has 0 aliphatic carbocycles. The van der Waals surface area contributed by atoms with Crippen molar-refractivity contribution in [3.05, 3.63) is 94.0 Å². The Morgan fingerprint density at radius 2 is 1.97 bits per heavy atom. The highest BCUT2D eigenvalue weighted by molar-refractivity contribution is 6.15. The molecule has 2 aliphatic heterocycles. The van der Waals surface area contributed by atoms with Gasteiger partial charge in [0.15, 0.2) is 5.76 Å². The van der Waals surface area contributed by atoms with Crippen molar-refractivity contribution < 1.29 is 14.3 Å². The first-order valence-corrected chi connectivity index (χ1v) is 11.0. The Morgan fingerprint density at radius 3 is 2.69 bits per heavy atom. The van der Waals surface area contributed by atoms with Crippen molar-refractivity contribution in [2.45, 2.75) is 39.8 Å². The van der Waals surface area contributed by atoms with Crippen LogP contribution in [0.15, 0.2) is 60.5 Å². The van der Waals surface area contributed by atoms with Crippen LogP contribution in [0.3, 0.4) is 0 Å². The molecule has 0 bridgehead atoms. The quantitative estimate of drug-likeness (QED) is 0.517. The normalized spacial score (nSPS) is 16.6. The third-order valence-electron chi connectivity index (χ3n) is 6.00. The molecule has 3 heterocycles. The van der Waals surface area contributed by atoms with Gasteiger partial charge in [0.1, 0.15) is 18.2 Å². The van der Waals surface area contributed by atoms with Crippen LogP contribution in [0.5, 0.6) is 11.5 Å². The molecule has 0 fully saturated rings. The van der Waals surface area contributed by atoms with Crippen molar-refractivity contribution >= 4 is 11.9 Å². The Morgan fingerprint density at radius 1 is 1.16 bits per heavy atom. The molecular formula is C27H26N2O3. The summed E-state index contributed by atoms with van der Waals surface area (Å²) in [7, 11) is 0. The minimum Gasteiger partial charge on any atom is -0.478 e. The standard InChI is InChI=1S/C27H26N2O3/c1-17(2)20-9-7-19(8-10-20)13-24-26(30)25-18(3)12-23-22(27(25)32-24)15-29(16-31-23)14-21-6-4-5-11-28-21/h4-13,17H,14-16H2,1-3H3/b24-13-. The third-order valence-corrected chi connectivity index (χ3v) is 6.00.